The molecule has 0 radical (unpaired) electrons. The summed E-state index contributed by atoms with van der Waals surface area (Å²) in [6.45, 7) is 0. The first-order valence-electron chi connectivity index (χ1n) is 9.42. The van der Waals surface area contributed by atoms with Crippen molar-refractivity contribution < 1.29 is 14.4 Å². The Labute approximate surface area is 192 Å². The zero-order valence-electron chi connectivity index (χ0n) is 16.1. The highest BCUT2D eigenvalue weighted by atomic mass is 79.9. The van der Waals surface area contributed by atoms with Crippen LogP contribution in [0.4, 0.5) is 10.5 Å². The molecule has 5 nitrogen and oxygen atoms in total. The third-order valence-electron chi connectivity index (χ3n) is 4.86. The zero-order valence-corrected chi connectivity index (χ0v) is 18.5. The van der Waals surface area contributed by atoms with Gasteiger partial charge in [0.25, 0.3) is 11.8 Å². The Bertz CT molecular complexity index is 1220. The number of barbiturate groups is 1. The van der Waals surface area contributed by atoms with Crippen LogP contribution >= 0.6 is 27.5 Å². The van der Waals surface area contributed by atoms with Crippen molar-refractivity contribution >= 4 is 57.1 Å². The van der Waals surface area contributed by atoms with Gasteiger partial charge in [-0.3, -0.25) is 14.9 Å². The van der Waals surface area contributed by atoms with Gasteiger partial charge in [-0.15, -0.1) is 0 Å². The second-order valence-corrected chi connectivity index (χ2v) is 8.20. The first-order valence-corrected chi connectivity index (χ1v) is 10.6. The molecule has 3 aromatic carbocycles. The molecule has 1 fully saturated rings. The summed E-state index contributed by atoms with van der Waals surface area (Å²) >= 11 is 9.75. The van der Waals surface area contributed by atoms with Crippen molar-refractivity contribution in [1.29, 1.82) is 0 Å². The van der Waals surface area contributed by atoms with Crippen LogP contribution in [0.5, 0.6) is 0 Å². The third-order valence-corrected chi connectivity index (χ3v) is 5.87. The van der Waals surface area contributed by atoms with Crippen LogP contribution in [0.25, 0.3) is 6.08 Å². The standard InChI is InChI=1S/C24H16BrClN2O3/c25-21-9-5-4-6-16(21)12-15-10-11-18(26)13-17(15)14-20-22(29)27-24(31)28(23(20)30)19-7-2-1-3-8-19/h1-11,13-14H,12H2,(H,27,29,31)/b20-14+. The van der Waals surface area contributed by atoms with Gasteiger partial charge in [-0.2, -0.15) is 0 Å². The Kier molecular flexibility index (Phi) is 6.02. The summed E-state index contributed by atoms with van der Waals surface area (Å²) in [6.07, 6.45) is 2.05. The lowest BCUT2D eigenvalue weighted by Crippen LogP contribution is -2.54. The maximum atomic E-state index is 13.1. The van der Waals surface area contributed by atoms with Gasteiger partial charge in [0.2, 0.25) is 0 Å². The van der Waals surface area contributed by atoms with Crippen LogP contribution in [0.3, 0.4) is 0 Å². The van der Waals surface area contributed by atoms with Crippen molar-refractivity contribution in [2.24, 2.45) is 0 Å². The Balaban J connectivity index is 1.75. The Hall–Kier alpha value is -3.22. The lowest BCUT2D eigenvalue weighted by Gasteiger charge is -2.26. The molecule has 31 heavy (non-hydrogen) atoms. The van der Waals surface area contributed by atoms with Crippen LogP contribution in [0, 0.1) is 0 Å². The van der Waals surface area contributed by atoms with Crippen LogP contribution < -0.4 is 10.2 Å². The van der Waals surface area contributed by atoms with Gasteiger partial charge in [0.05, 0.1) is 5.69 Å². The van der Waals surface area contributed by atoms with Crippen molar-refractivity contribution in [3.63, 3.8) is 0 Å². The van der Waals surface area contributed by atoms with E-state index in [1.54, 1.807) is 42.5 Å². The summed E-state index contributed by atoms with van der Waals surface area (Å²) in [5.74, 6) is -1.43. The normalized spacial score (nSPS) is 15.4. The van der Waals surface area contributed by atoms with Gasteiger partial charge in [0.1, 0.15) is 5.57 Å². The number of halogens is 2. The van der Waals surface area contributed by atoms with Crippen molar-refractivity contribution in [2.75, 3.05) is 4.90 Å². The van der Waals surface area contributed by atoms with Gasteiger partial charge in [-0.05, 0) is 59.5 Å². The van der Waals surface area contributed by atoms with Gasteiger partial charge in [0.15, 0.2) is 0 Å². The summed E-state index contributed by atoms with van der Waals surface area (Å²) in [6, 6.07) is 20.8. The van der Waals surface area contributed by atoms with Gasteiger partial charge < -0.3 is 0 Å². The number of nitrogens with one attached hydrogen (secondary N) is 1. The first kappa shape index (κ1) is 21.0. The summed E-state index contributed by atoms with van der Waals surface area (Å²) in [5, 5.41) is 2.71. The number of hydrogen-bond donors (Lipinski definition) is 1. The molecular formula is C24H16BrClN2O3. The van der Waals surface area contributed by atoms with E-state index >= 15 is 0 Å². The number of imide groups is 2. The molecule has 4 rings (SSSR count). The van der Waals surface area contributed by atoms with E-state index in [4.69, 9.17) is 11.6 Å². The number of carbonyl (C=O) groups is 3. The molecule has 0 atom stereocenters. The van der Waals surface area contributed by atoms with E-state index in [0.717, 1.165) is 20.5 Å². The molecule has 1 aliphatic rings. The SMILES string of the molecule is O=C1NC(=O)N(c2ccccc2)C(=O)/C1=C/c1cc(Cl)ccc1Cc1ccccc1Br. The smallest absolute Gasteiger partial charge is 0.273 e. The minimum absolute atomic E-state index is 0.140. The minimum Gasteiger partial charge on any atom is -0.273 e. The first-order chi connectivity index (χ1) is 14.9. The van der Waals surface area contributed by atoms with E-state index in [0.29, 0.717) is 22.7 Å². The zero-order chi connectivity index (χ0) is 22.0. The molecule has 0 unspecified atom stereocenters. The number of urea groups is 1. The molecular weight excluding hydrogens is 480 g/mol. The number of rotatable bonds is 4. The van der Waals surface area contributed by atoms with Gasteiger partial charge >= 0.3 is 6.03 Å². The van der Waals surface area contributed by atoms with Crippen molar-refractivity contribution in [3.05, 3.63) is 105 Å². The van der Waals surface area contributed by atoms with E-state index in [1.807, 2.05) is 30.3 Å². The molecule has 0 bridgehead atoms. The maximum absolute atomic E-state index is 13.1. The number of nitrogens with zero attached hydrogens (tertiary/aromatic N) is 1. The number of para-hydroxylation sites is 1. The molecule has 3 aromatic rings. The average molecular weight is 496 g/mol. The van der Waals surface area contributed by atoms with E-state index in [9.17, 15) is 14.4 Å². The van der Waals surface area contributed by atoms with Gasteiger partial charge in [-0.25, -0.2) is 9.69 Å². The number of benzene rings is 3. The lowest BCUT2D eigenvalue weighted by molar-refractivity contribution is -0.122. The topological polar surface area (TPSA) is 66.5 Å². The highest BCUT2D eigenvalue weighted by molar-refractivity contribution is 9.10. The molecule has 0 saturated carbocycles. The van der Waals surface area contributed by atoms with Crippen molar-refractivity contribution in [3.8, 4) is 0 Å². The minimum atomic E-state index is -0.780. The predicted molar refractivity (Wildman–Crippen MR) is 124 cm³/mol. The molecule has 1 N–H and O–H groups in total. The molecule has 7 heteroatoms. The highest BCUT2D eigenvalue weighted by Crippen LogP contribution is 2.27. The molecule has 0 spiro atoms. The maximum Gasteiger partial charge on any atom is 0.335 e. The van der Waals surface area contributed by atoms with Crippen LogP contribution in [0.1, 0.15) is 16.7 Å². The molecule has 1 saturated heterocycles. The van der Waals surface area contributed by atoms with Gasteiger partial charge in [-0.1, -0.05) is 70.0 Å². The Morgan fingerprint density at radius 3 is 2.35 bits per heavy atom. The number of anilines is 1. The Morgan fingerprint density at radius 2 is 1.61 bits per heavy atom. The number of hydrogen-bond acceptors (Lipinski definition) is 3. The fraction of sp³-hybridized carbons (Fsp3) is 0.0417. The van der Waals surface area contributed by atoms with Crippen LogP contribution in [0.15, 0.2) is 82.8 Å². The summed E-state index contributed by atoms with van der Waals surface area (Å²) in [5.41, 5.74) is 2.80. The summed E-state index contributed by atoms with van der Waals surface area (Å²) < 4.78 is 0.955. The molecule has 4 amide bonds. The fourth-order valence-corrected chi connectivity index (χ4v) is 3.94. The second-order valence-electron chi connectivity index (χ2n) is 6.90. The monoisotopic (exact) mass is 494 g/mol. The largest absolute Gasteiger partial charge is 0.335 e. The molecule has 1 aliphatic heterocycles. The van der Waals surface area contributed by atoms with Crippen molar-refractivity contribution in [2.45, 2.75) is 6.42 Å². The summed E-state index contributed by atoms with van der Waals surface area (Å²) in [7, 11) is 0. The average Bonchev–Trinajstić information content (AvgIpc) is 2.75. The molecule has 0 aromatic heterocycles. The fourth-order valence-electron chi connectivity index (χ4n) is 3.33. The van der Waals surface area contributed by atoms with Crippen molar-refractivity contribution in [1.82, 2.24) is 5.32 Å². The van der Waals surface area contributed by atoms with Crippen LogP contribution in [-0.4, -0.2) is 17.8 Å². The van der Waals surface area contributed by atoms with Crippen LogP contribution in [0.2, 0.25) is 5.02 Å². The lowest BCUT2D eigenvalue weighted by atomic mass is 9.97. The van der Waals surface area contributed by atoms with E-state index in [-0.39, 0.29) is 5.57 Å². The number of carbonyl (C=O) groups excluding carboxylic acids is 3. The van der Waals surface area contributed by atoms with E-state index in [2.05, 4.69) is 21.2 Å². The van der Waals surface area contributed by atoms with E-state index < -0.39 is 17.8 Å². The molecule has 1 heterocycles. The van der Waals surface area contributed by atoms with Gasteiger partial charge in [0, 0.05) is 9.50 Å². The van der Waals surface area contributed by atoms with Crippen LogP contribution in [-0.2, 0) is 16.0 Å². The highest BCUT2D eigenvalue weighted by Gasteiger charge is 2.36. The number of amides is 4. The second kappa shape index (κ2) is 8.88. The summed E-state index contributed by atoms with van der Waals surface area (Å²) in [4.78, 5) is 38.9. The third kappa shape index (κ3) is 4.45. The molecule has 0 aliphatic carbocycles. The molecule has 154 valence electrons. The quantitative estimate of drug-likeness (QED) is 0.391. The predicted octanol–water partition coefficient (Wildman–Crippen LogP) is 5.36. The Morgan fingerprint density at radius 1 is 0.903 bits per heavy atom. The van der Waals surface area contributed by atoms with E-state index in [1.165, 1.54) is 6.08 Å².